The molecule has 0 aliphatic rings. The number of carbonyl (C=O) groups excluding carboxylic acids is 2. The van der Waals surface area contributed by atoms with Crippen LogP contribution >= 0.6 is 23.2 Å². The SMILES string of the molecule is COc1ccc(Cl)cc1-n1c(C)cc(C(=O)NNC(=O)c2cccc(Cl)c2)c1C. The lowest BCUT2D eigenvalue weighted by Gasteiger charge is -2.14. The standard InChI is InChI=1S/C21H19Cl2N3O3/c1-12-9-17(13(2)26(12)18-11-16(23)7-8-19(18)29-3)21(28)25-24-20(27)14-5-4-6-15(22)10-14/h4-11H,1-3H3,(H,24,27)(H,25,28). The summed E-state index contributed by atoms with van der Waals surface area (Å²) in [4.78, 5) is 24.9. The lowest BCUT2D eigenvalue weighted by molar-refractivity contribution is 0.0846. The summed E-state index contributed by atoms with van der Waals surface area (Å²) in [5.74, 6) is -0.288. The summed E-state index contributed by atoms with van der Waals surface area (Å²) in [5, 5.41) is 0.982. The van der Waals surface area contributed by atoms with Gasteiger partial charge in [-0.1, -0.05) is 29.3 Å². The molecule has 0 radical (unpaired) electrons. The molecule has 0 atom stereocenters. The highest BCUT2D eigenvalue weighted by molar-refractivity contribution is 6.31. The number of hydrazine groups is 1. The van der Waals surface area contributed by atoms with Crippen molar-refractivity contribution in [2.45, 2.75) is 13.8 Å². The number of hydrogen-bond donors (Lipinski definition) is 2. The summed E-state index contributed by atoms with van der Waals surface area (Å²) in [6.45, 7) is 3.68. The maximum atomic E-state index is 12.7. The Kier molecular flexibility index (Phi) is 6.15. The molecule has 8 heteroatoms. The minimum Gasteiger partial charge on any atom is -0.495 e. The first-order valence-electron chi connectivity index (χ1n) is 8.71. The third kappa shape index (κ3) is 4.39. The third-order valence-corrected chi connectivity index (χ3v) is 4.90. The number of aromatic nitrogens is 1. The van der Waals surface area contributed by atoms with Crippen LogP contribution in [0.1, 0.15) is 32.1 Å². The van der Waals surface area contributed by atoms with Crippen molar-refractivity contribution in [3.05, 3.63) is 81.1 Å². The number of carbonyl (C=O) groups is 2. The predicted octanol–water partition coefficient (Wildman–Crippen LogP) is 4.48. The first kappa shape index (κ1) is 20.8. The van der Waals surface area contributed by atoms with Crippen LogP contribution in [-0.2, 0) is 0 Å². The maximum Gasteiger partial charge on any atom is 0.271 e. The van der Waals surface area contributed by atoms with Gasteiger partial charge in [-0.15, -0.1) is 0 Å². The van der Waals surface area contributed by atoms with Crippen molar-refractivity contribution in [2.24, 2.45) is 0 Å². The van der Waals surface area contributed by atoms with Gasteiger partial charge in [-0.25, -0.2) is 0 Å². The molecule has 0 saturated carbocycles. The van der Waals surface area contributed by atoms with Gasteiger partial charge in [0.2, 0.25) is 0 Å². The highest BCUT2D eigenvalue weighted by Crippen LogP contribution is 2.30. The lowest BCUT2D eigenvalue weighted by atomic mass is 10.2. The fourth-order valence-corrected chi connectivity index (χ4v) is 3.44. The van der Waals surface area contributed by atoms with Crippen LogP contribution in [0.25, 0.3) is 5.69 Å². The zero-order chi connectivity index (χ0) is 21.1. The van der Waals surface area contributed by atoms with E-state index in [1.165, 1.54) is 6.07 Å². The quantitative estimate of drug-likeness (QED) is 0.597. The Morgan fingerprint density at radius 2 is 1.62 bits per heavy atom. The number of ether oxygens (including phenoxy) is 1. The van der Waals surface area contributed by atoms with Crippen LogP contribution in [-0.4, -0.2) is 23.5 Å². The zero-order valence-corrected chi connectivity index (χ0v) is 17.6. The Morgan fingerprint density at radius 3 is 2.31 bits per heavy atom. The van der Waals surface area contributed by atoms with Crippen molar-refractivity contribution < 1.29 is 14.3 Å². The van der Waals surface area contributed by atoms with Crippen LogP contribution in [0.2, 0.25) is 10.0 Å². The van der Waals surface area contributed by atoms with Crippen LogP contribution in [0.5, 0.6) is 5.75 Å². The largest absolute Gasteiger partial charge is 0.495 e. The molecule has 2 aromatic carbocycles. The molecular formula is C21H19Cl2N3O3. The van der Waals surface area contributed by atoms with Crippen molar-refractivity contribution in [2.75, 3.05) is 7.11 Å². The molecule has 1 aromatic heterocycles. The summed E-state index contributed by atoms with van der Waals surface area (Å²) in [7, 11) is 1.57. The second kappa shape index (κ2) is 8.59. The van der Waals surface area contributed by atoms with Crippen molar-refractivity contribution in [3.63, 3.8) is 0 Å². The lowest BCUT2D eigenvalue weighted by Crippen LogP contribution is -2.41. The molecule has 3 rings (SSSR count). The highest BCUT2D eigenvalue weighted by atomic mass is 35.5. The van der Waals surface area contributed by atoms with Crippen LogP contribution < -0.4 is 15.6 Å². The van der Waals surface area contributed by atoms with E-state index in [2.05, 4.69) is 10.9 Å². The van der Waals surface area contributed by atoms with Crippen LogP contribution in [0.3, 0.4) is 0 Å². The van der Waals surface area contributed by atoms with Gasteiger partial charge in [0.15, 0.2) is 0 Å². The molecule has 0 fully saturated rings. The van der Waals surface area contributed by atoms with Gasteiger partial charge in [-0.05, 0) is 56.3 Å². The number of aryl methyl sites for hydroxylation is 1. The summed E-state index contributed by atoms with van der Waals surface area (Å²) < 4.78 is 7.30. The van der Waals surface area contributed by atoms with Gasteiger partial charge >= 0.3 is 0 Å². The number of hydrogen-bond acceptors (Lipinski definition) is 3. The minimum absolute atomic E-state index is 0.340. The second-order valence-corrected chi connectivity index (χ2v) is 7.23. The number of nitrogens with one attached hydrogen (secondary N) is 2. The molecule has 3 aromatic rings. The fraction of sp³-hybridized carbons (Fsp3) is 0.143. The van der Waals surface area contributed by atoms with Crippen molar-refractivity contribution in [1.29, 1.82) is 0 Å². The number of methoxy groups -OCH3 is 1. The summed E-state index contributed by atoms with van der Waals surface area (Å²) in [5.41, 5.74) is 7.80. The Balaban J connectivity index is 1.84. The third-order valence-electron chi connectivity index (χ3n) is 4.43. The molecule has 0 bridgehead atoms. The smallest absolute Gasteiger partial charge is 0.271 e. The molecule has 2 N–H and O–H groups in total. The van der Waals surface area contributed by atoms with E-state index in [0.717, 1.165) is 11.4 Å². The summed E-state index contributed by atoms with van der Waals surface area (Å²) >= 11 is 12.0. The Bertz CT molecular complexity index is 1090. The van der Waals surface area contributed by atoms with E-state index in [1.54, 1.807) is 56.5 Å². The van der Waals surface area contributed by atoms with Gasteiger partial charge in [-0.3, -0.25) is 20.4 Å². The zero-order valence-electron chi connectivity index (χ0n) is 16.0. The number of nitrogens with zero attached hydrogens (tertiary/aromatic N) is 1. The molecule has 29 heavy (non-hydrogen) atoms. The minimum atomic E-state index is -0.467. The van der Waals surface area contributed by atoms with Crippen LogP contribution in [0.15, 0.2) is 48.5 Å². The van der Waals surface area contributed by atoms with Gasteiger partial charge in [0.25, 0.3) is 11.8 Å². The van der Waals surface area contributed by atoms with Crippen molar-refractivity contribution in [1.82, 2.24) is 15.4 Å². The predicted molar refractivity (Wildman–Crippen MR) is 113 cm³/mol. The molecule has 0 saturated heterocycles. The normalized spacial score (nSPS) is 10.5. The number of halogens is 2. The molecule has 0 unspecified atom stereocenters. The average molecular weight is 432 g/mol. The molecule has 0 aliphatic heterocycles. The monoisotopic (exact) mass is 431 g/mol. The topological polar surface area (TPSA) is 72.4 Å². The Morgan fingerprint density at radius 1 is 0.931 bits per heavy atom. The van der Waals surface area contributed by atoms with E-state index < -0.39 is 11.8 Å². The summed E-state index contributed by atoms with van der Waals surface area (Å²) in [6.07, 6.45) is 0. The molecule has 150 valence electrons. The first-order valence-corrected chi connectivity index (χ1v) is 9.46. The van der Waals surface area contributed by atoms with E-state index in [-0.39, 0.29) is 0 Å². The van der Waals surface area contributed by atoms with Gasteiger partial charge in [-0.2, -0.15) is 0 Å². The van der Waals surface area contributed by atoms with Gasteiger partial charge < -0.3 is 9.30 Å². The number of rotatable bonds is 4. The molecule has 0 spiro atoms. The first-order chi connectivity index (χ1) is 13.8. The highest BCUT2D eigenvalue weighted by Gasteiger charge is 2.19. The summed E-state index contributed by atoms with van der Waals surface area (Å²) in [6, 6.07) is 13.4. The molecule has 2 amide bonds. The van der Waals surface area contributed by atoms with Crippen LogP contribution in [0, 0.1) is 13.8 Å². The number of amides is 2. The Hall–Kier alpha value is -2.96. The van der Waals surface area contributed by atoms with Crippen molar-refractivity contribution in [3.8, 4) is 11.4 Å². The Labute approximate surface area is 178 Å². The second-order valence-electron chi connectivity index (χ2n) is 6.35. The molecule has 0 aliphatic carbocycles. The maximum absolute atomic E-state index is 12.7. The number of benzene rings is 2. The van der Waals surface area contributed by atoms with E-state index in [4.69, 9.17) is 27.9 Å². The average Bonchev–Trinajstić information content (AvgIpc) is 2.99. The van der Waals surface area contributed by atoms with Gasteiger partial charge in [0, 0.05) is 27.0 Å². The van der Waals surface area contributed by atoms with Crippen molar-refractivity contribution >= 4 is 35.0 Å². The van der Waals surface area contributed by atoms with Crippen LogP contribution in [0.4, 0.5) is 0 Å². The van der Waals surface area contributed by atoms with E-state index in [1.807, 2.05) is 11.5 Å². The fourth-order valence-electron chi connectivity index (χ4n) is 3.08. The molecule has 1 heterocycles. The van der Waals surface area contributed by atoms with Gasteiger partial charge in [0.1, 0.15) is 5.75 Å². The van der Waals surface area contributed by atoms with Gasteiger partial charge in [0.05, 0.1) is 18.4 Å². The van der Waals surface area contributed by atoms with E-state index in [9.17, 15) is 9.59 Å². The van der Waals surface area contributed by atoms with E-state index in [0.29, 0.717) is 32.6 Å². The molecule has 6 nitrogen and oxygen atoms in total. The van der Waals surface area contributed by atoms with E-state index >= 15 is 0 Å². The molecular weight excluding hydrogens is 413 g/mol.